The van der Waals surface area contributed by atoms with Crippen LogP contribution < -0.4 is 10.6 Å². The number of amides is 1. The second-order valence-corrected chi connectivity index (χ2v) is 11.1. The van der Waals surface area contributed by atoms with E-state index in [9.17, 15) is 17.6 Å². The number of hydrogen-bond donors (Lipinski definition) is 2. The van der Waals surface area contributed by atoms with Crippen molar-refractivity contribution in [1.29, 1.82) is 0 Å². The van der Waals surface area contributed by atoms with E-state index in [0.717, 1.165) is 29.9 Å². The molecule has 178 valence electrons. The highest BCUT2D eigenvalue weighted by Crippen LogP contribution is 2.55. The highest BCUT2D eigenvalue weighted by molar-refractivity contribution is 7.90. The van der Waals surface area contributed by atoms with Gasteiger partial charge in [0.1, 0.15) is 17.3 Å². The molecule has 2 aliphatic rings. The van der Waals surface area contributed by atoms with Crippen molar-refractivity contribution in [3.8, 4) is 11.8 Å². The van der Waals surface area contributed by atoms with Crippen molar-refractivity contribution < 1.29 is 17.6 Å². The van der Waals surface area contributed by atoms with E-state index in [0.29, 0.717) is 28.5 Å². The summed E-state index contributed by atoms with van der Waals surface area (Å²) in [5, 5.41) is 7.53. The minimum atomic E-state index is -3.28. The minimum Gasteiger partial charge on any atom is -0.340 e. The van der Waals surface area contributed by atoms with Gasteiger partial charge in [-0.1, -0.05) is 5.92 Å². The Morgan fingerprint density at radius 1 is 1.06 bits per heavy atom. The average Bonchev–Trinajstić information content (AvgIpc) is 3.61. The van der Waals surface area contributed by atoms with Crippen LogP contribution in [0.5, 0.6) is 0 Å². The van der Waals surface area contributed by atoms with Gasteiger partial charge in [0.25, 0.3) is 0 Å². The number of nitrogens with zero attached hydrogens (tertiary/aromatic N) is 2. The third-order valence-corrected chi connectivity index (χ3v) is 7.70. The predicted octanol–water partition coefficient (Wildman–Crippen LogP) is 4.30. The monoisotopic (exact) mass is 498 g/mol. The number of nitrogens with one attached hydrogen (secondary N) is 2. The second kappa shape index (κ2) is 7.86. The molecular formula is C27H19FN4O3S. The number of pyridine rings is 2. The molecule has 1 aliphatic heterocycles. The molecule has 2 aromatic heterocycles. The predicted molar refractivity (Wildman–Crippen MR) is 134 cm³/mol. The first-order chi connectivity index (χ1) is 17.2. The molecule has 2 aromatic carbocycles. The Morgan fingerprint density at radius 3 is 2.56 bits per heavy atom. The second-order valence-electron chi connectivity index (χ2n) is 9.04. The molecule has 0 bridgehead atoms. The molecular weight excluding hydrogens is 479 g/mol. The van der Waals surface area contributed by atoms with Crippen LogP contribution in [0.15, 0.2) is 65.8 Å². The maximum atomic E-state index is 14.8. The quantitative estimate of drug-likeness (QED) is 0.409. The third-order valence-electron chi connectivity index (χ3n) is 6.57. The fraction of sp³-hybridized carbons (Fsp3) is 0.148. The zero-order valence-electron chi connectivity index (χ0n) is 19.1. The van der Waals surface area contributed by atoms with Gasteiger partial charge in [-0.05, 0) is 72.9 Å². The average molecular weight is 499 g/mol. The van der Waals surface area contributed by atoms with Crippen LogP contribution in [-0.2, 0) is 20.0 Å². The molecule has 1 saturated carbocycles. The van der Waals surface area contributed by atoms with E-state index < -0.39 is 21.1 Å². The third kappa shape index (κ3) is 3.76. The summed E-state index contributed by atoms with van der Waals surface area (Å²) in [6.07, 6.45) is 5.92. The normalized spacial score (nSPS) is 15.2. The van der Waals surface area contributed by atoms with E-state index in [4.69, 9.17) is 0 Å². The molecule has 3 heterocycles. The van der Waals surface area contributed by atoms with Crippen LogP contribution in [0, 0.1) is 17.7 Å². The number of benzene rings is 2. The van der Waals surface area contributed by atoms with Crippen LogP contribution in [0.1, 0.15) is 29.7 Å². The molecule has 1 fully saturated rings. The van der Waals surface area contributed by atoms with Gasteiger partial charge >= 0.3 is 0 Å². The maximum Gasteiger partial charge on any atom is 0.235 e. The van der Waals surface area contributed by atoms with Crippen LogP contribution in [0.25, 0.3) is 10.8 Å². The van der Waals surface area contributed by atoms with Gasteiger partial charge in [-0.25, -0.2) is 22.8 Å². The standard InChI is InChI=1S/C27H19FN4O3S/c1-36(34,35)19-5-3-18(4-6-19)31-25-13-20-17(15-30-25)8-11-29-23(20)7-2-16-12-24-21(14-22(16)28)27(9-10-27)26(33)32-24/h3-6,8,11-15H,9-10H2,1H3,(H,30,31)(H,32,33). The lowest BCUT2D eigenvalue weighted by Crippen LogP contribution is -2.18. The lowest BCUT2D eigenvalue weighted by Gasteiger charge is -2.08. The van der Waals surface area contributed by atoms with Crippen molar-refractivity contribution in [3.63, 3.8) is 0 Å². The molecule has 0 saturated heterocycles. The van der Waals surface area contributed by atoms with Crippen molar-refractivity contribution in [1.82, 2.24) is 9.97 Å². The van der Waals surface area contributed by atoms with E-state index in [1.165, 1.54) is 18.2 Å². The zero-order valence-corrected chi connectivity index (χ0v) is 19.9. The van der Waals surface area contributed by atoms with Crippen LogP contribution in [0.2, 0.25) is 0 Å². The highest BCUT2D eigenvalue weighted by atomic mass is 32.2. The van der Waals surface area contributed by atoms with Gasteiger partial charge in [0.15, 0.2) is 9.84 Å². The van der Waals surface area contributed by atoms with Crippen LogP contribution >= 0.6 is 0 Å². The van der Waals surface area contributed by atoms with Gasteiger partial charge in [0, 0.05) is 40.8 Å². The molecule has 4 aromatic rings. The Morgan fingerprint density at radius 2 is 1.83 bits per heavy atom. The van der Waals surface area contributed by atoms with Crippen molar-refractivity contribution in [2.45, 2.75) is 23.2 Å². The zero-order chi connectivity index (χ0) is 25.1. The first-order valence-electron chi connectivity index (χ1n) is 11.2. The number of fused-ring (bicyclic) bond motifs is 3. The molecule has 0 radical (unpaired) electrons. The fourth-order valence-corrected chi connectivity index (χ4v) is 5.08. The molecule has 0 unspecified atom stereocenters. The summed E-state index contributed by atoms with van der Waals surface area (Å²) < 4.78 is 38.2. The van der Waals surface area contributed by atoms with Crippen LogP contribution in [-0.4, -0.2) is 30.5 Å². The van der Waals surface area contributed by atoms with E-state index in [2.05, 4.69) is 32.4 Å². The SMILES string of the molecule is CS(=O)(=O)c1ccc(Nc2cc3c(C#Cc4cc5c(cc4F)C4(CC4)C(=O)N5)nccc3cn2)cc1. The molecule has 1 spiro atoms. The van der Waals surface area contributed by atoms with E-state index in [-0.39, 0.29) is 16.4 Å². The summed E-state index contributed by atoms with van der Waals surface area (Å²) >= 11 is 0. The lowest BCUT2D eigenvalue weighted by molar-refractivity contribution is -0.117. The lowest BCUT2D eigenvalue weighted by atomic mass is 9.96. The first kappa shape index (κ1) is 22.2. The summed E-state index contributed by atoms with van der Waals surface area (Å²) in [5.41, 5.74) is 2.08. The van der Waals surface area contributed by atoms with Crippen molar-refractivity contribution in [2.75, 3.05) is 16.9 Å². The van der Waals surface area contributed by atoms with Crippen molar-refractivity contribution >= 4 is 43.7 Å². The van der Waals surface area contributed by atoms with Crippen molar-refractivity contribution in [3.05, 3.63) is 83.6 Å². The molecule has 1 amide bonds. The van der Waals surface area contributed by atoms with Gasteiger partial charge in [0.05, 0.1) is 15.9 Å². The van der Waals surface area contributed by atoms with Crippen LogP contribution in [0.3, 0.4) is 0 Å². The summed E-state index contributed by atoms with van der Waals surface area (Å²) in [4.78, 5) is 21.3. The summed E-state index contributed by atoms with van der Waals surface area (Å²) in [7, 11) is -3.28. The van der Waals surface area contributed by atoms with Gasteiger partial charge in [0.2, 0.25) is 5.91 Å². The molecule has 6 rings (SSSR count). The van der Waals surface area contributed by atoms with Crippen LogP contribution in [0.4, 0.5) is 21.6 Å². The Hall–Kier alpha value is -4.29. The first-order valence-corrected chi connectivity index (χ1v) is 13.1. The van der Waals surface area contributed by atoms with Gasteiger partial charge in [-0.15, -0.1) is 0 Å². The molecule has 7 nitrogen and oxygen atoms in total. The number of rotatable bonds is 3. The molecule has 9 heteroatoms. The van der Waals surface area contributed by atoms with Crippen molar-refractivity contribution in [2.24, 2.45) is 0 Å². The summed E-state index contributed by atoms with van der Waals surface area (Å²) in [5.74, 6) is 5.81. The topological polar surface area (TPSA) is 101 Å². The summed E-state index contributed by atoms with van der Waals surface area (Å²) in [6.45, 7) is 0. The van der Waals surface area contributed by atoms with E-state index in [1.54, 1.807) is 42.7 Å². The largest absolute Gasteiger partial charge is 0.340 e. The Kier molecular flexibility index (Phi) is 4.85. The number of hydrogen-bond acceptors (Lipinski definition) is 6. The molecule has 36 heavy (non-hydrogen) atoms. The number of sulfone groups is 1. The molecule has 2 N–H and O–H groups in total. The molecule has 1 aliphatic carbocycles. The Labute approximate surface area is 206 Å². The fourth-order valence-electron chi connectivity index (χ4n) is 4.45. The maximum absolute atomic E-state index is 14.8. The minimum absolute atomic E-state index is 0.0729. The Balaban J connectivity index is 1.32. The Bertz CT molecular complexity index is 1750. The number of carbonyl (C=O) groups is 1. The van der Waals surface area contributed by atoms with Gasteiger partial charge < -0.3 is 10.6 Å². The molecule has 0 atom stereocenters. The van der Waals surface area contributed by atoms with E-state index >= 15 is 0 Å². The number of carbonyl (C=O) groups excluding carboxylic acids is 1. The smallest absolute Gasteiger partial charge is 0.235 e. The summed E-state index contributed by atoms with van der Waals surface area (Å²) in [6, 6.07) is 13.0. The number of anilines is 3. The van der Waals surface area contributed by atoms with Gasteiger partial charge in [-0.3, -0.25) is 4.79 Å². The number of aromatic nitrogens is 2. The van der Waals surface area contributed by atoms with Gasteiger partial charge in [-0.2, -0.15) is 0 Å². The highest BCUT2D eigenvalue weighted by Gasteiger charge is 2.56. The van der Waals surface area contributed by atoms with E-state index in [1.807, 2.05) is 0 Å². The number of halogens is 1.